The lowest BCUT2D eigenvalue weighted by Gasteiger charge is -2.23. The number of nitro groups is 1. The van der Waals surface area contributed by atoms with Gasteiger partial charge in [-0.2, -0.15) is 17.0 Å². The first-order chi connectivity index (χ1) is 12.2. The number of nitrogens with one attached hydrogen (secondary N) is 2. The molecule has 1 saturated heterocycles. The maximum atomic E-state index is 11.3. The second kappa shape index (κ2) is 7.81. The maximum absolute atomic E-state index is 11.3. The molecule has 9 heteroatoms. The van der Waals surface area contributed by atoms with Crippen molar-refractivity contribution in [1.29, 1.82) is 5.26 Å². The van der Waals surface area contributed by atoms with Crippen LogP contribution in [0, 0.1) is 21.4 Å². The highest BCUT2D eigenvalue weighted by atomic mass is 32.2. The highest BCUT2D eigenvalue weighted by Crippen LogP contribution is 2.28. The number of rotatable bonds is 5. The Bertz CT molecular complexity index is 799. The van der Waals surface area contributed by atoms with Crippen LogP contribution in [0.1, 0.15) is 18.4 Å². The van der Waals surface area contributed by atoms with Crippen molar-refractivity contribution in [3.63, 3.8) is 0 Å². The zero-order chi connectivity index (χ0) is 17.6. The van der Waals surface area contributed by atoms with Gasteiger partial charge in [0.25, 0.3) is 0 Å². The quantitative estimate of drug-likeness (QED) is 0.619. The number of nitriles is 1. The maximum Gasteiger partial charge on any atom is 0.311 e. The van der Waals surface area contributed by atoms with Gasteiger partial charge in [-0.05, 0) is 42.5 Å². The van der Waals surface area contributed by atoms with Crippen molar-refractivity contribution in [3.8, 4) is 6.07 Å². The molecule has 0 radical (unpaired) electrons. The van der Waals surface area contributed by atoms with Crippen molar-refractivity contribution >= 4 is 34.9 Å². The number of pyridine rings is 2. The van der Waals surface area contributed by atoms with Gasteiger partial charge in [-0.3, -0.25) is 10.1 Å². The summed E-state index contributed by atoms with van der Waals surface area (Å²) in [4.78, 5) is 19.2. The molecule has 0 spiro atoms. The number of nitrogens with zero attached hydrogens (tertiary/aromatic N) is 4. The highest BCUT2D eigenvalue weighted by Gasteiger charge is 2.19. The predicted molar refractivity (Wildman–Crippen MR) is 97.1 cm³/mol. The van der Waals surface area contributed by atoms with E-state index >= 15 is 0 Å². The molecule has 0 amide bonds. The number of anilines is 3. The third kappa shape index (κ3) is 4.36. The standard InChI is InChI=1S/C16H16N6O2S/c17-9-11-1-3-14(18-10-11)20-16-13(22(23)24)2-4-15(21-16)19-12-5-7-25-8-6-12/h1-4,10,12H,5-8H2,(H2,18,19,20,21). The summed E-state index contributed by atoms with van der Waals surface area (Å²) in [5.74, 6) is 3.31. The van der Waals surface area contributed by atoms with Crippen LogP contribution in [0.15, 0.2) is 30.5 Å². The highest BCUT2D eigenvalue weighted by molar-refractivity contribution is 7.99. The van der Waals surface area contributed by atoms with Crippen molar-refractivity contribution in [3.05, 3.63) is 46.1 Å². The Morgan fingerprint density at radius 2 is 2.00 bits per heavy atom. The molecule has 2 N–H and O–H groups in total. The molecule has 2 aromatic heterocycles. The third-order valence-corrected chi connectivity index (χ3v) is 4.83. The van der Waals surface area contributed by atoms with E-state index in [1.807, 2.05) is 17.8 Å². The normalized spacial score (nSPS) is 14.5. The Balaban J connectivity index is 1.82. The Morgan fingerprint density at radius 3 is 2.64 bits per heavy atom. The van der Waals surface area contributed by atoms with Crippen LogP contribution in [0.25, 0.3) is 0 Å². The molecule has 0 unspecified atom stereocenters. The van der Waals surface area contributed by atoms with E-state index in [2.05, 4.69) is 20.6 Å². The van der Waals surface area contributed by atoms with E-state index < -0.39 is 4.92 Å². The average Bonchev–Trinajstić information content (AvgIpc) is 2.63. The summed E-state index contributed by atoms with van der Waals surface area (Å²) in [7, 11) is 0. The largest absolute Gasteiger partial charge is 0.367 e. The van der Waals surface area contributed by atoms with E-state index in [0.29, 0.717) is 23.2 Å². The first-order valence-electron chi connectivity index (χ1n) is 7.78. The first-order valence-corrected chi connectivity index (χ1v) is 8.94. The van der Waals surface area contributed by atoms with Gasteiger partial charge in [0, 0.05) is 18.3 Å². The van der Waals surface area contributed by atoms with Crippen molar-refractivity contribution in [2.45, 2.75) is 18.9 Å². The molecule has 0 atom stereocenters. The fourth-order valence-corrected chi connectivity index (χ4v) is 3.58. The summed E-state index contributed by atoms with van der Waals surface area (Å²) in [6.07, 6.45) is 3.49. The summed E-state index contributed by atoms with van der Waals surface area (Å²) in [5, 5.41) is 26.3. The van der Waals surface area contributed by atoms with Gasteiger partial charge in [0.2, 0.25) is 5.82 Å². The zero-order valence-electron chi connectivity index (χ0n) is 13.3. The van der Waals surface area contributed by atoms with Crippen LogP contribution in [-0.2, 0) is 0 Å². The average molecular weight is 356 g/mol. The lowest BCUT2D eigenvalue weighted by atomic mass is 10.1. The SMILES string of the molecule is N#Cc1ccc(Nc2nc(NC3CCSCC3)ccc2[N+](=O)[O-])nc1. The number of thioether (sulfide) groups is 1. The van der Waals surface area contributed by atoms with Crippen molar-refractivity contribution in [1.82, 2.24) is 9.97 Å². The molecule has 3 rings (SSSR count). The van der Waals surface area contributed by atoms with E-state index in [-0.39, 0.29) is 11.5 Å². The minimum atomic E-state index is -0.486. The summed E-state index contributed by atoms with van der Waals surface area (Å²) in [6, 6.07) is 8.53. The van der Waals surface area contributed by atoms with Crippen molar-refractivity contribution < 1.29 is 4.92 Å². The second-order valence-electron chi connectivity index (χ2n) is 5.52. The van der Waals surface area contributed by atoms with Gasteiger partial charge in [0.1, 0.15) is 17.7 Å². The smallest absolute Gasteiger partial charge is 0.311 e. The topological polar surface area (TPSA) is 117 Å². The zero-order valence-corrected chi connectivity index (χ0v) is 14.1. The van der Waals surface area contributed by atoms with Gasteiger partial charge < -0.3 is 10.6 Å². The molecule has 3 heterocycles. The molecule has 25 heavy (non-hydrogen) atoms. The Labute approximate surface area is 148 Å². The second-order valence-corrected chi connectivity index (χ2v) is 6.75. The van der Waals surface area contributed by atoms with Crippen LogP contribution in [0.5, 0.6) is 0 Å². The summed E-state index contributed by atoms with van der Waals surface area (Å²) >= 11 is 1.93. The number of aromatic nitrogens is 2. The molecule has 1 aliphatic heterocycles. The first kappa shape index (κ1) is 17.0. The van der Waals surface area contributed by atoms with Crippen LogP contribution >= 0.6 is 11.8 Å². The Hall–Kier alpha value is -2.86. The van der Waals surface area contributed by atoms with E-state index in [4.69, 9.17) is 5.26 Å². The number of hydrogen-bond acceptors (Lipinski definition) is 8. The monoisotopic (exact) mass is 356 g/mol. The van der Waals surface area contributed by atoms with Crippen molar-refractivity contribution in [2.24, 2.45) is 0 Å². The van der Waals surface area contributed by atoms with Gasteiger partial charge >= 0.3 is 5.69 Å². The Morgan fingerprint density at radius 1 is 1.24 bits per heavy atom. The predicted octanol–water partition coefficient (Wildman–Crippen LogP) is 3.31. The van der Waals surface area contributed by atoms with Gasteiger partial charge in [-0.25, -0.2) is 9.97 Å². The molecule has 2 aromatic rings. The lowest BCUT2D eigenvalue weighted by Crippen LogP contribution is -2.25. The van der Waals surface area contributed by atoms with E-state index in [1.54, 1.807) is 18.2 Å². The number of hydrogen-bond donors (Lipinski definition) is 2. The van der Waals surface area contributed by atoms with Gasteiger partial charge in [-0.15, -0.1) is 0 Å². The summed E-state index contributed by atoms with van der Waals surface area (Å²) < 4.78 is 0. The molecular formula is C16H16N6O2S. The fourth-order valence-electron chi connectivity index (χ4n) is 2.48. The Kier molecular flexibility index (Phi) is 5.30. The minimum Gasteiger partial charge on any atom is -0.367 e. The van der Waals surface area contributed by atoms with Crippen LogP contribution < -0.4 is 10.6 Å². The molecule has 0 bridgehead atoms. The van der Waals surface area contributed by atoms with Gasteiger partial charge in [-0.1, -0.05) is 0 Å². The molecule has 0 saturated carbocycles. The lowest BCUT2D eigenvalue weighted by molar-refractivity contribution is -0.384. The minimum absolute atomic E-state index is 0.123. The van der Waals surface area contributed by atoms with Gasteiger partial charge in [0.15, 0.2) is 0 Å². The molecule has 128 valence electrons. The third-order valence-electron chi connectivity index (χ3n) is 3.78. The molecule has 0 aromatic carbocycles. The molecule has 0 aliphatic carbocycles. The molecular weight excluding hydrogens is 340 g/mol. The van der Waals surface area contributed by atoms with Crippen LogP contribution in [0.2, 0.25) is 0 Å². The van der Waals surface area contributed by atoms with Gasteiger partial charge in [0.05, 0.1) is 10.5 Å². The van der Waals surface area contributed by atoms with Crippen LogP contribution in [-0.4, -0.2) is 32.4 Å². The fraction of sp³-hybridized carbons (Fsp3) is 0.312. The van der Waals surface area contributed by atoms with E-state index in [0.717, 1.165) is 24.3 Å². The van der Waals surface area contributed by atoms with Crippen LogP contribution in [0.3, 0.4) is 0 Å². The summed E-state index contributed by atoms with van der Waals surface area (Å²) in [5.41, 5.74) is 0.287. The van der Waals surface area contributed by atoms with Crippen LogP contribution in [0.4, 0.5) is 23.1 Å². The van der Waals surface area contributed by atoms with Crippen molar-refractivity contribution in [2.75, 3.05) is 22.1 Å². The van der Waals surface area contributed by atoms with E-state index in [1.165, 1.54) is 12.3 Å². The molecule has 1 fully saturated rings. The molecule has 1 aliphatic rings. The van der Waals surface area contributed by atoms with E-state index in [9.17, 15) is 10.1 Å². The molecule has 8 nitrogen and oxygen atoms in total. The summed E-state index contributed by atoms with van der Waals surface area (Å²) in [6.45, 7) is 0.